The van der Waals surface area contributed by atoms with Crippen LogP contribution in [0.2, 0.25) is 0 Å². The molecule has 0 atom stereocenters. The first kappa shape index (κ1) is 19.4. The molecule has 0 unspecified atom stereocenters. The van der Waals surface area contributed by atoms with Gasteiger partial charge in [-0.2, -0.15) is 0 Å². The van der Waals surface area contributed by atoms with Gasteiger partial charge < -0.3 is 9.80 Å². The van der Waals surface area contributed by atoms with Crippen LogP contribution in [0, 0.1) is 0 Å². The highest BCUT2D eigenvalue weighted by Crippen LogP contribution is 2.18. The predicted molar refractivity (Wildman–Crippen MR) is 109 cm³/mol. The molecule has 0 amide bonds. The van der Waals surface area contributed by atoms with Gasteiger partial charge in [0.15, 0.2) is 0 Å². The molecule has 0 aliphatic carbocycles. The van der Waals surface area contributed by atoms with Gasteiger partial charge >= 0.3 is 0 Å². The summed E-state index contributed by atoms with van der Waals surface area (Å²) in [5, 5.41) is 0. The molecular weight excluding hydrogens is 414 g/mol. The molecule has 140 valence electrons. The summed E-state index contributed by atoms with van der Waals surface area (Å²) in [7, 11) is -1.31. The van der Waals surface area contributed by atoms with Crippen LogP contribution in [0.25, 0.3) is 0 Å². The SMILES string of the molecule is CN1CCN(c2ccc(CCNS(=O)(=O)c3ccc(Br)cc3)cc2)CC1. The number of anilines is 1. The molecule has 2 aromatic carbocycles. The Bertz CT molecular complexity index is 815. The van der Waals surface area contributed by atoms with Crippen LogP contribution in [0.4, 0.5) is 5.69 Å². The quantitative estimate of drug-likeness (QED) is 0.754. The van der Waals surface area contributed by atoms with Gasteiger partial charge in [-0.1, -0.05) is 28.1 Å². The van der Waals surface area contributed by atoms with Crippen LogP contribution in [0.15, 0.2) is 57.9 Å². The first-order valence-electron chi connectivity index (χ1n) is 8.72. The van der Waals surface area contributed by atoms with E-state index in [1.807, 2.05) is 0 Å². The van der Waals surface area contributed by atoms with E-state index < -0.39 is 10.0 Å². The highest BCUT2D eigenvalue weighted by molar-refractivity contribution is 9.10. The lowest BCUT2D eigenvalue weighted by Crippen LogP contribution is -2.44. The van der Waals surface area contributed by atoms with Gasteiger partial charge in [0.25, 0.3) is 0 Å². The molecule has 26 heavy (non-hydrogen) atoms. The summed E-state index contributed by atoms with van der Waals surface area (Å²) in [6.07, 6.45) is 0.665. The second kappa shape index (κ2) is 8.52. The normalized spacial score (nSPS) is 16.0. The van der Waals surface area contributed by atoms with Crippen LogP contribution in [0.5, 0.6) is 0 Å². The summed E-state index contributed by atoms with van der Waals surface area (Å²) in [5.41, 5.74) is 2.36. The van der Waals surface area contributed by atoms with Crippen molar-refractivity contribution in [2.24, 2.45) is 0 Å². The smallest absolute Gasteiger partial charge is 0.240 e. The zero-order chi connectivity index (χ0) is 18.6. The van der Waals surface area contributed by atoms with Gasteiger partial charge in [0.2, 0.25) is 10.0 Å². The molecule has 1 fully saturated rings. The van der Waals surface area contributed by atoms with Gasteiger partial charge in [-0.15, -0.1) is 0 Å². The van der Waals surface area contributed by atoms with E-state index in [1.165, 1.54) is 5.69 Å². The lowest BCUT2D eigenvalue weighted by molar-refractivity contribution is 0.313. The minimum absolute atomic E-state index is 0.283. The topological polar surface area (TPSA) is 52.6 Å². The summed E-state index contributed by atoms with van der Waals surface area (Å²) in [4.78, 5) is 5.01. The number of hydrogen-bond acceptors (Lipinski definition) is 4. The highest BCUT2D eigenvalue weighted by Gasteiger charge is 2.15. The van der Waals surface area contributed by atoms with Gasteiger partial charge in [-0.05, 0) is 55.4 Å². The van der Waals surface area contributed by atoms with E-state index >= 15 is 0 Å². The number of nitrogens with zero attached hydrogens (tertiary/aromatic N) is 2. The minimum Gasteiger partial charge on any atom is -0.369 e. The van der Waals surface area contributed by atoms with Crippen molar-refractivity contribution in [3.63, 3.8) is 0 Å². The van der Waals surface area contributed by atoms with Crippen LogP contribution >= 0.6 is 15.9 Å². The number of likely N-dealkylation sites (N-methyl/N-ethyl adjacent to an activating group) is 1. The fourth-order valence-electron chi connectivity index (χ4n) is 2.96. The second-order valence-corrected chi connectivity index (χ2v) is 9.24. The Kier molecular flexibility index (Phi) is 6.34. The van der Waals surface area contributed by atoms with Crippen molar-refractivity contribution in [1.82, 2.24) is 9.62 Å². The predicted octanol–water partition coefficient (Wildman–Crippen LogP) is 2.72. The molecule has 1 heterocycles. The number of nitrogens with one attached hydrogen (secondary N) is 1. The molecule has 2 aromatic rings. The first-order valence-corrected chi connectivity index (χ1v) is 11.0. The Hall–Kier alpha value is -1.41. The molecule has 0 saturated carbocycles. The Labute approximate surface area is 164 Å². The Morgan fingerprint density at radius 1 is 0.962 bits per heavy atom. The maximum atomic E-state index is 12.3. The zero-order valence-electron chi connectivity index (χ0n) is 14.9. The molecule has 1 saturated heterocycles. The van der Waals surface area contributed by atoms with Crippen LogP contribution < -0.4 is 9.62 Å². The number of benzene rings is 2. The lowest BCUT2D eigenvalue weighted by Gasteiger charge is -2.34. The van der Waals surface area contributed by atoms with Crippen molar-refractivity contribution in [3.05, 3.63) is 58.6 Å². The average molecular weight is 438 g/mol. The second-order valence-electron chi connectivity index (χ2n) is 6.56. The van der Waals surface area contributed by atoms with Gasteiger partial charge in [-0.25, -0.2) is 13.1 Å². The van der Waals surface area contributed by atoms with Crippen LogP contribution in [-0.2, 0) is 16.4 Å². The van der Waals surface area contributed by atoms with E-state index in [-0.39, 0.29) is 4.90 Å². The van der Waals surface area contributed by atoms with Crippen molar-refractivity contribution in [2.75, 3.05) is 44.7 Å². The molecule has 1 N–H and O–H groups in total. The average Bonchev–Trinajstić information content (AvgIpc) is 2.63. The van der Waals surface area contributed by atoms with Crippen LogP contribution in [0.3, 0.4) is 0 Å². The number of sulfonamides is 1. The Morgan fingerprint density at radius 2 is 1.58 bits per heavy atom. The molecule has 0 bridgehead atoms. The van der Waals surface area contributed by atoms with Gasteiger partial charge in [-0.3, -0.25) is 0 Å². The Balaban J connectivity index is 1.52. The number of piperazine rings is 1. The van der Waals surface area contributed by atoms with E-state index in [0.29, 0.717) is 13.0 Å². The van der Waals surface area contributed by atoms with Crippen LogP contribution in [-0.4, -0.2) is 53.1 Å². The minimum atomic E-state index is -3.46. The highest BCUT2D eigenvalue weighted by atomic mass is 79.9. The van der Waals surface area contributed by atoms with Crippen molar-refractivity contribution in [1.29, 1.82) is 0 Å². The van der Waals surface area contributed by atoms with Crippen molar-refractivity contribution in [2.45, 2.75) is 11.3 Å². The van der Waals surface area contributed by atoms with Gasteiger partial charge in [0.05, 0.1) is 4.90 Å². The van der Waals surface area contributed by atoms with Crippen molar-refractivity contribution in [3.8, 4) is 0 Å². The maximum absolute atomic E-state index is 12.3. The number of rotatable bonds is 6. The summed E-state index contributed by atoms with van der Waals surface area (Å²) >= 11 is 3.31. The summed E-state index contributed by atoms with van der Waals surface area (Å²) in [6, 6.07) is 15.1. The van der Waals surface area contributed by atoms with E-state index in [4.69, 9.17) is 0 Å². The third-order valence-electron chi connectivity index (χ3n) is 4.63. The Morgan fingerprint density at radius 3 is 2.19 bits per heavy atom. The summed E-state index contributed by atoms with van der Waals surface area (Å²) < 4.78 is 28.1. The van der Waals surface area contributed by atoms with E-state index in [2.05, 4.69) is 61.8 Å². The standard InChI is InChI=1S/C19H24BrN3O2S/c1-22-12-14-23(15-13-22)18-6-2-16(3-7-18)10-11-21-26(24,25)19-8-4-17(20)5-9-19/h2-9,21H,10-15H2,1H3. The first-order chi connectivity index (χ1) is 12.4. The molecule has 0 radical (unpaired) electrons. The van der Waals surface area contributed by atoms with E-state index in [9.17, 15) is 8.42 Å². The summed E-state index contributed by atoms with van der Waals surface area (Å²) in [6.45, 7) is 4.64. The maximum Gasteiger partial charge on any atom is 0.240 e. The fraction of sp³-hybridized carbons (Fsp3) is 0.368. The molecule has 5 nitrogen and oxygen atoms in total. The van der Waals surface area contributed by atoms with Crippen molar-refractivity contribution < 1.29 is 8.42 Å². The number of halogens is 1. The zero-order valence-corrected chi connectivity index (χ0v) is 17.3. The fourth-order valence-corrected chi connectivity index (χ4v) is 4.26. The molecular formula is C19H24BrN3O2S. The van der Waals surface area contributed by atoms with Crippen LogP contribution in [0.1, 0.15) is 5.56 Å². The van der Waals surface area contributed by atoms with E-state index in [0.717, 1.165) is 36.2 Å². The van der Waals surface area contributed by atoms with E-state index in [1.54, 1.807) is 24.3 Å². The third-order valence-corrected chi connectivity index (χ3v) is 6.64. The number of hydrogen-bond donors (Lipinski definition) is 1. The molecule has 1 aliphatic heterocycles. The van der Waals surface area contributed by atoms with Gasteiger partial charge in [0, 0.05) is 42.9 Å². The molecule has 7 heteroatoms. The van der Waals surface area contributed by atoms with Crippen molar-refractivity contribution >= 4 is 31.6 Å². The largest absolute Gasteiger partial charge is 0.369 e. The third kappa shape index (κ3) is 5.07. The monoisotopic (exact) mass is 437 g/mol. The molecule has 0 aromatic heterocycles. The van der Waals surface area contributed by atoms with Gasteiger partial charge in [0.1, 0.15) is 0 Å². The molecule has 3 rings (SSSR count). The molecule has 1 aliphatic rings. The summed E-state index contributed by atoms with van der Waals surface area (Å²) in [5.74, 6) is 0. The lowest BCUT2D eigenvalue weighted by atomic mass is 10.1. The molecule has 0 spiro atoms.